The van der Waals surface area contributed by atoms with Crippen molar-refractivity contribution in [3.8, 4) is 11.5 Å². The SMILES string of the molecule is C=C(Cl)CSc1nnc(-c2ccc(Br)cc2)o1. The Bertz CT molecular complexity index is 527. The molecule has 1 aromatic heterocycles. The molecule has 2 aromatic rings. The highest BCUT2D eigenvalue weighted by Crippen LogP contribution is 2.25. The smallest absolute Gasteiger partial charge is 0.277 e. The monoisotopic (exact) mass is 330 g/mol. The van der Waals surface area contributed by atoms with Crippen molar-refractivity contribution in [1.82, 2.24) is 10.2 Å². The highest BCUT2D eigenvalue weighted by atomic mass is 79.9. The molecule has 0 radical (unpaired) electrons. The number of nitrogens with zero attached hydrogens (tertiary/aromatic N) is 2. The summed E-state index contributed by atoms with van der Waals surface area (Å²) in [5.74, 6) is 1.06. The second-order valence-corrected chi connectivity index (χ2v) is 5.56. The molecule has 0 amide bonds. The van der Waals surface area contributed by atoms with E-state index in [-0.39, 0.29) is 0 Å². The zero-order valence-electron chi connectivity index (χ0n) is 8.69. The maximum atomic E-state index is 5.66. The van der Waals surface area contributed by atoms with E-state index in [1.807, 2.05) is 24.3 Å². The van der Waals surface area contributed by atoms with Crippen LogP contribution in [0, 0.1) is 0 Å². The summed E-state index contributed by atoms with van der Waals surface area (Å²) in [6.07, 6.45) is 0. The third kappa shape index (κ3) is 3.59. The minimum atomic E-state index is 0.490. The van der Waals surface area contributed by atoms with Gasteiger partial charge in [0.1, 0.15) is 0 Å². The summed E-state index contributed by atoms with van der Waals surface area (Å²) in [6.45, 7) is 3.59. The van der Waals surface area contributed by atoms with Gasteiger partial charge in [0.25, 0.3) is 5.22 Å². The Morgan fingerprint density at radius 2 is 2.06 bits per heavy atom. The molecule has 1 heterocycles. The van der Waals surface area contributed by atoms with Gasteiger partial charge in [-0.2, -0.15) is 0 Å². The number of hydrogen-bond acceptors (Lipinski definition) is 4. The van der Waals surface area contributed by atoms with Gasteiger partial charge in [-0.3, -0.25) is 0 Å². The fourth-order valence-corrected chi connectivity index (χ4v) is 2.06. The molecule has 0 spiro atoms. The van der Waals surface area contributed by atoms with E-state index in [0.29, 0.717) is 21.9 Å². The molecule has 0 aliphatic carbocycles. The van der Waals surface area contributed by atoms with Gasteiger partial charge in [-0.05, 0) is 24.3 Å². The number of halogens is 2. The van der Waals surface area contributed by atoms with Gasteiger partial charge in [0.05, 0.1) is 0 Å². The van der Waals surface area contributed by atoms with Crippen LogP contribution in [0.25, 0.3) is 11.5 Å². The third-order valence-electron chi connectivity index (χ3n) is 1.85. The molecule has 0 aliphatic heterocycles. The molecule has 6 heteroatoms. The quantitative estimate of drug-likeness (QED) is 0.781. The van der Waals surface area contributed by atoms with Crippen LogP contribution in [0.2, 0.25) is 0 Å². The number of aromatic nitrogens is 2. The molecule has 88 valence electrons. The maximum absolute atomic E-state index is 5.66. The van der Waals surface area contributed by atoms with Crippen molar-refractivity contribution in [3.05, 3.63) is 40.3 Å². The van der Waals surface area contributed by atoms with Crippen LogP contribution in [-0.2, 0) is 0 Å². The normalized spacial score (nSPS) is 10.5. The molecule has 0 N–H and O–H groups in total. The molecule has 0 fully saturated rings. The average Bonchev–Trinajstić information content (AvgIpc) is 2.76. The minimum Gasteiger partial charge on any atom is -0.411 e. The predicted octanol–water partition coefficient (Wildman–Crippen LogP) is 4.34. The molecular weight excluding hydrogens is 324 g/mol. The number of rotatable bonds is 4. The van der Waals surface area contributed by atoms with E-state index in [9.17, 15) is 0 Å². The van der Waals surface area contributed by atoms with E-state index in [1.165, 1.54) is 11.8 Å². The molecule has 0 atom stereocenters. The van der Waals surface area contributed by atoms with Crippen LogP contribution >= 0.6 is 39.3 Å². The molecule has 3 nitrogen and oxygen atoms in total. The van der Waals surface area contributed by atoms with Crippen molar-refractivity contribution in [2.45, 2.75) is 5.22 Å². The van der Waals surface area contributed by atoms with Gasteiger partial charge in [-0.15, -0.1) is 10.2 Å². The summed E-state index contributed by atoms with van der Waals surface area (Å²) in [7, 11) is 0. The fourth-order valence-electron chi connectivity index (χ4n) is 1.12. The predicted molar refractivity (Wildman–Crippen MR) is 73.2 cm³/mol. The van der Waals surface area contributed by atoms with Gasteiger partial charge >= 0.3 is 0 Å². The second-order valence-electron chi connectivity index (χ2n) is 3.19. The van der Waals surface area contributed by atoms with Crippen molar-refractivity contribution >= 4 is 39.3 Å². The Morgan fingerprint density at radius 1 is 1.35 bits per heavy atom. The number of hydrogen-bond donors (Lipinski definition) is 0. The van der Waals surface area contributed by atoms with E-state index in [4.69, 9.17) is 16.0 Å². The van der Waals surface area contributed by atoms with Crippen LogP contribution in [0.3, 0.4) is 0 Å². The van der Waals surface area contributed by atoms with Crippen LogP contribution in [0.15, 0.2) is 50.0 Å². The summed E-state index contributed by atoms with van der Waals surface area (Å²) in [5, 5.41) is 8.93. The molecule has 0 saturated carbocycles. The topological polar surface area (TPSA) is 38.9 Å². The van der Waals surface area contributed by atoms with Gasteiger partial charge in [-0.25, -0.2) is 0 Å². The zero-order valence-corrected chi connectivity index (χ0v) is 11.8. The lowest BCUT2D eigenvalue weighted by atomic mass is 10.2. The first-order valence-electron chi connectivity index (χ1n) is 4.70. The first-order chi connectivity index (χ1) is 8.15. The summed E-state index contributed by atoms with van der Waals surface area (Å²) in [5.41, 5.74) is 0.886. The minimum absolute atomic E-state index is 0.490. The second kappa shape index (κ2) is 5.71. The highest BCUT2D eigenvalue weighted by Gasteiger charge is 2.08. The van der Waals surface area contributed by atoms with Crippen molar-refractivity contribution in [2.75, 3.05) is 5.75 Å². The largest absolute Gasteiger partial charge is 0.411 e. The van der Waals surface area contributed by atoms with Crippen LogP contribution in [0.4, 0.5) is 0 Å². The lowest BCUT2D eigenvalue weighted by Gasteiger charge is -1.94. The fraction of sp³-hybridized carbons (Fsp3) is 0.0909. The Labute approximate surface area is 116 Å². The Balaban J connectivity index is 2.12. The maximum Gasteiger partial charge on any atom is 0.277 e. The summed E-state index contributed by atoms with van der Waals surface area (Å²) < 4.78 is 6.49. The van der Waals surface area contributed by atoms with Crippen molar-refractivity contribution in [1.29, 1.82) is 0 Å². The standard InChI is InChI=1S/C11H8BrClN2OS/c1-7(13)6-17-11-15-14-10(16-11)8-2-4-9(12)5-3-8/h2-5H,1,6H2. The van der Waals surface area contributed by atoms with Crippen LogP contribution < -0.4 is 0 Å². The van der Waals surface area contributed by atoms with Gasteiger partial charge in [0.2, 0.25) is 5.89 Å². The van der Waals surface area contributed by atoms with Gasteiger partial charge < -0.3 is 4.42 Å². The number of thioether (sulfide) groups is 1. The molecule has 17 heavy (non-hydrogen) atoms. The first-order valence-corrected chi connectivity index (χ1v) is 6.86. The van der Waals surface area contributed by atoms with E-state index in [1.54, 1.807) is 0 Å². The van der Waals surface area contributed by atoms with Gasteiger partial charge in [0.15, 0.2) is 0 Å². The van der Waals surface area contributed by atoms with Crippen molar-refractivity contribution in [3.63, 3.8) is 0 Å². The molecule has 0 saturated heterocycles. The Morgan fingerprint density at radius 3 is 2.71 bits per heavy atom. The van der Waals surface area contributed by atoms with Crippen LogP contribution in [0.1, 0.15) is 0 Å². The summed E-state index contributed by atoms with van der Waals surface area (Å²) in [6, 6.07) is 7.67. The van der Waals surface area contributed by atoms with E-state index >= 15 is 0 Å². The van der Waals surface area contributed by atoms with E-state index < -0.39 is 0 Å². The van der Waals surface area contributed by atoms with E-state index in [2.05, 4.69) is 32.7 Å². The lowest BCUT2D eigenvalue weighted by Crippen LogP contribution is -1.77. The zero-order chi connectivity index (χ0) is 12.3. The summed E-state index contributed by atoms with van der Waals surface area (Å²) in [4.78, 5) is 0. The molecule has 1 aromatic carbocycles. The van der Waals surface area contributed by atoms with Gasteiger partial charge in [-0.1, -0.05) is 45.9 Å². The first kappa shape index (κ1) is 12.7. The molecule has 0 bridgehead atoms. The lowest BCUT2D eigenvalue weighted by molar-refractivity contribution is 0.466. The average molecular weight is 332 g/mol. The van der Waals surface area contributed by atoms with Crippen LogP contribution in [-0.4, -0.2) is 16.0 Å². The third-order valence-corrected chi connectivity index (χ3v) is 3.58. The van der Waals surface area contributed by atoms with Crippen molar-refractivity contribution < 1.29 is 4.42 Å². The summed E-state index contributed by atoms with van der Waals surface area (Å²) >= 11 is 10.4. The Kier molecular flexibility index (Phi) is 4.25. The molecular formula is C11H8BrClN2OS. The van der Waals surface area contributed by atoms with Crippen molar-refractivity contribution in [2.24, 2.45) is 0 Å². The van der Waals surface area contributed by atoms with Gasteiger partial charge in [0, 0.05) is 20.8 Å². The highest BCUT2D eigenvalue weighted by molar-refractivity contribution is 9.10. The number of benzene rings is 1. The molecule has 0 aliphatic rings. The molecule has 2 rings (SSSR count). The van der Waals surface area contributed by atoms with Crippen LogP contribution in [0.5, 0.6) is 0 Å². The van der Waals surface area contributed by atoms with E-state index in [0.717, 1.165) is 10.0 Å². The molecule has 0 unspecified atom stereocenters. The Hall–Kier alpha value is -0.780.